The predicted octanol–water partition coefficient (Wildman–Crippen LogP) is 8.53. The molecule has 0 bridgehead atoms. The average Bonchev–Trinajstić information content (AvgIpc) is 3.91. The Morgan fingerprint density at radius 3 is 2.21 bits per heavy atom. The second-order valence-corrected chi connectivity index (χ2v) is 16.6. The fourth-order valence-electron chi connectivity index (χ4n) is 7.37. The molecule has 0 aliphatic carbocycles. The van der Waals surface area contributed by atoms with Crippen molar-refractivity contribution < 1.29 is 28.5 Å². The van der Waals surface area contributed by atoms with Gasteiger partial charge >= 0.3 is 0 Å². The molecule has 0 spiro atoms. The third kappa shape index (κ3) is 10.2. The number of aliphatic imine (C=N–C) groups is 1. The van der Waals surface area contributed by atoms with E-state index < -0.39 is 6.04 Å². The lowest BCUT2D eigenvalue weighted by atomic mass is 9.99. The molecule has 6 aromatic rings. The van der Waals surface area contributed by atoms with E-state index in [1.807, 2.05) is 84.3 Å². The lowest BCUT2D eigenvalue weighted by Crippen LogP contribution is -2.17. The van der Waals surface area contributed by atoms with E-state index in [-0.39, 0.29) is 18.2 Å². The van der Waals surface area contributed by atoms with Crippen molar-refractivity contribution in [3.63, 3.8) is 0 Å². The number of ether oxygens (including phenoxy) is 4. The van der Waals surface area contributed by atoms with Gasteiger partial charge in [0.05, 0.1) is 58.2 Å². The fraction of sp³-hybridized carbons (Fsp3) is 0.298. The molecule has 62 heavy (non-hydrogen) atoms. The number of aryl methyl sites for hydroxylation is 2. The van der Waals surface area contributed by atoms with Crippen LogP contribution in [0.2, 0.25) is 5.02 Å². The Morgan fingerprint density at radius 2 is 1.47 bits per heavy atom. The highest BCUT2D eigenvalue weighted by atomic mass is 35.5. The molecule has 13 nitrogen and oxygen atoms in total. The second kappa shape index (κ2) is 19.9. The van der Waals surface area contributed by atoms with Crippen LogP contribution >= 0.6 is 22.9 Å². The second-order valence-electron chi connectivity index (χ2n) is 15.0. The smallest absolute Gasteiger partial charge is 0.228 e. The molecule has 0 fully saturated rings. The quantitative estimate of drug-likeness (QED) is 0.0681. The molecule has 2 amide bonds. The van der Waals surface area contributed by atoms with E-state index in [9.17, 15) is 9.59 Å². The lowest BCUT2D eigenvalue weighted by Gasteiger charge is -2.13. The Balaban J connectivity index is 0.705. The zero-order valence-corrected chi connectivity index (χ0v) is 36.4. The number of amides is 2. The Morgan fingerprint density at radius 1 is 0.806 bits per heavy atom. The van der Waals surface area contributed by atoms with E-state index in [2.05, 4.69) is 58.2 Å². The van der Waals surface area contributed by atoms with Crippen molar-refractivity contribution in [2.45, 2.75) is 39.7 Å². The Hall–Kier alpha value is -5.90. The van der Waals surface area contributed by atoms with Crippen LogP contribution in [-0.2, 0) is 30.2 Å². The summed E-state index contributed by atoms with van der Waals surface area (Å²) in [6.45, 7) is 10.0. The number of carbonyl (C=O) groups is 2. The van der Waals surface area contributed by atoms with Gasteiger partial charge in [0.1, 0.15) is 29.2 Å². The van der Waals surface area contributed by atoms with Gasteiger partial charge in [-0.15, -0.1) is 21.5 Å². The first-order valence-corrected chi connectivity index (χ1v) is 21.8. The SMILES string of the molecule is Cc1sc2c(c1C)C(c1ccc(Cl)cc1)=N[C@@H](CC(=O)Nc1ccc(OCCOCCOCCOCCNc3ccc(-c4ccc5c(c4)CC(=O)N5)cc3)cc1)c1nnc(C)n1-2. The highest BCUT2D eigenvalue weighted by Crippen LogP contribution is 2.40. The molecule has 4 heterocycles. The number of fused-ring (bicyclic) bond motifs is 4. The average molecular weight is 874 g/mol. The molecule has 3 N–H and O–H groups in total. The molecule has 2 aliphatic rings. The van der Waals surface area contributed by atoms with Crippen LogP contribution in [0, 0.1) is 20.8 Å². The molecular weight excluding hydrogens is 826 g/mol. The molecule has 4 aromatic carbocycles. The maximum absolute atomic E-state index is 13.5. The highest BCUT2D eigenvalue weighted by molar-refractivity contribution is 7.15. The maximum Gasteiger partial charge on any atom is 0.228 e. The van der Waals surface area contributed by atoms with Gasteiger partial charge in [0.2, 0.25) is 11.8 Å². The van der Waals surface area contributed by atoms with Gasteiger partial charge in [0.15, 0.2) is 5.82 Å². The van der Waals surface area contributed by atoms with Gasteiger partial charge in [-0.25, -0.2) is 0 Å². The highest BCUT2D eigenvalue weighted by Gasteiger charge is 2.32. The van der Waals surface area contributed by atoms with Crippen LogP contribution in [0.25, 0.3) is 16.1 Å². The van der Waals surface area contributed by atoms with Crippen molar-refractivity contribution in [2.24, 2.45) is 4.99 Å². The molecule has 0 saturated carbocycles. The van der Waals surface area contributed by atoms with E-state index in [0.717, 1.165) is 61.3 Å². The van der Waals surface area contributed by atoms with Crippen LogP contribution in [0.4, 0.5) is 17.1 Å². The number of rotatable bonds is 19. The normalized spacial score (nSPS) is 14.0. The van der Waals surface area contributed by atoms with Crippen LogP contribution in [-0.4, -0.2) is 85.1 Å². The van der Waals surface area contributed by atoms with Crippen molar-refractivity contribution >= 4 is 57.5 Å². The molecule has 320 valence electrons. The minimum Gasteiger partial charge on any atom is -0.491 e. The van der Waals surface area contributed by atoms with E-state index in [1.54, 1.807) is 11.3 Å². The molecule has 2 aromatic heterocycles. The number of nitrogens with zero attached hydrogens (tertiary/aromatic N) is 4. The summed E-state index contributed by atoms with van der Waals surface area (Å²) in [4.78, 5) is 31.5. The van der Waals surface area contributed by atoms with Crippen LogP contribution in [0.1, 0.15) is 51.2 Å². The van der Waals surface area contributed by atoms with Crippen molar-refractivity contribution in [1.82, 2.24) is 14.8 Å². The first-order valence-electron chi connectivity index (χ1n) is 20.6. The van der Waals surface area contributed by atoms with Gasteiger partial charge in [-0.2, -0.15) is 0 Å². The van der Waals surface area contributed by atoms with E-state index in [1.165, 1.54) is 4.88 Å². The van der Waals surface area contributed by atoms with Crippen LogP contribution in [0.3, 0.4) is 0 Å². The zero-order chi connectivity index (χ0) is 43.0. The van der Waals surface area contributed by atoms with Crippen molar-refractivity contribution in [3.8, 4) is 21.9 Å². The molecule has 0 unspecified atom stereocenters. The molecule has 2 aliphatic heterocycles. The van der Waals surface area contributed by atoms with Crippen molar-refractivity contribution in [3.05, 3.63) is 135 Å². The number of aromatic nitrogens is 3. The van der Waals surface area contributed by atoms with Gasteiger partial charge in [-0.05, 0) is 104 Å². The third-order valence-electron chi connectivity index (χ3n) is 10.6. The topological polar surface area (TPSA) is 150 Å². The Kier molecular flexibility index (Phi) is 13.7. The van der Waals surface area contributed by atoms with Gasteiger partial charge in [0, 0.05) is 44.6 Å². The molecule has 0 saturated heterocycles. The molecule has 0 radical (unpaired) electrons. The summed E-state index contributed by atoms with van der Waals surface area (Å²) < 4.78 is 24.9. The molecule has 1 atom stereocenters. The van der Waals surface area contributed by atoms with Crippen LogP contribution in [0.5, 0.6) is 5.75 Å². The van der Waals surface area contributed by atoms with Gasteiger partial charge in [0.25, 0.3) is 0 Å². The van der Waals surface area contributed by atoms with Crippen molar-refractivity contribution in [1.29, 1.82) is 0 Å². The van der Waals surface area contributed by atoms with Crippen LogP contribution < -0.4 is 20.7 Å². The summed E-state index contributed by atoms with van der Waals surface area (Å²) >= 11 is 7.91. The van der Waals surface area contributed by atoms with Crippen molar-refractivity contribution in [2.75, 3.05) is 68.7 Å². The largest absolute Gasteiger partial charge is 0.491 e. The number of carbonyl (C=O) groups excluding carboxylic acids is 2. The van der Waals surface area contributed by atoms with Crippen LogP contribution in [0.15, 0.2) is 96.0 Å². The van der Waals surface area contributed by atoms with E-state index >= 15 is 0 Å². The number of anilines is 3. The monoisotopic (exact) mass is 873 g/mol. The summed E-state index contributed by atoms with van der Waals surface area (Å²) in [5.74, 6) is 1.88. The summed E-state index contributed by atoms with van der Waals surface area (Å²) in [6, 6.07) is 28.6. The minimum atomic E-state index is -0.567. The first-order chi connectivity index (χ1) is 30.2. The lowest BCUT2D eigenvalue weighted by molar-refractivity contribution is -0.117. The predicted molar refractivity (Wildman–Crippen MR) is 244 cm³/mol. The number of hydrogen-bond acceptors (Lipinski definition) is 11. The number of thiophene rings is 1. The number of nitrogens with one attached hydrogen (secondary N) is 3. The number of halogens is 1. The Bertz CT molecular complexity index is 2560. The van der Waals surface area contributed by atoms with Gasteiger partial charge in [-0.1, -0.05) is 41.9 Å². The maximum atomic E-state index is 13.5. The Labute approximate surface area is 369 Å². The fourth-order valence-corrected chi connectivity index (χ4v) is 8.71. The zero-order valence-electron chi connectivity index (χ0n) is 34.8. The molecule has 15 heteroatoms. The minimum absolute atomic E-state index is 0.0412. The first kappa shape index (κ1) is 42.8. The molecule has 8 rings (SSSR count). The standard InChI is InChI=1S/C47H48ClN7O6S/c1-29-30(2)62-47-44(29)45(33-4-9-36(48)10-5-33)52-41(46-54-53-31(3)55(46)47)28-43(57)50-38-13-15-39(16-14-38)61-25-24-60-23-22-59-21-20-58-19-18-49-37-11-6-32(7-12-37)34-8-17-40-35(26-34)27-42(56)51-40/h4-17,26,41,49H,18-25,27-28H2,1-3H3,(H,50,57)(H,51,56)/t41-/m0/s1. The van der Waals surface area contributed by atoms with E-state index in [0.29, 0.717) is 81.5 Å². The molecular formula is C47H48ClN7O6S. The summed E-state index contributed by atoms with van der Waals surface area (Å²) in [6.07, 6.45) is 0.505. The summed E-state index contributed by atoms with van der Waals surface area (Å²) in [7, 11) is 0. The number of benzene rings is 4. The number of hydrogen-bond donors (Lipinski definition) is 3. The van der Waals surface area contributed by atoms with Gasteiger partial charge in [-0.3, -0.25) is 19.1 Å². The summed E-state index contributed by atoms with van der Waals surface area (Å²) in [5, 5.41) is 19.8. The summed E-state index contributed by atoms with van der Waals surface area (Å²) in [5.41, 5.74) is 9.66. The van der Waals surface area contributed by atoms with E-state index in [4.69, 9.17) is 35.5 Å². The third-order valence-corrected chi connectivity index (χ3v) is 12.1. The van der Waals surface area contributed by atoms with Gasteiger partial charge < -0.3 is 34.9 Å².